The van der Waals surface area contributed by atoms with Gasteiger partial charge in [-0.3, -0.25) is 4.79 Å². The van der Waals surface area contributed by atoms with Gasteiger partial charge in [-0.1, -0.05) is 32.0 Å². The molecule has 0 atom stereocenters. The molecule has 4 heteroatoms. The van der Waals surface area contributed by atoms with Gasteiger partial charge in [0, 0.05) is 44.1 Å². The van der Waals surface area contributed by atoms with Crippen LogP contribution in [0.15, 0.2) is 48.5 Å². The Hall–Kier alpha value is -2.49. The summed E-state index contributed by atoms with van der Waals surface area (Å²) in [4.78, 5) is 14.1. The molecule has 2 aromatic rings. The summed E-state index contributed by atoms with van der Waals surface area (Å²) in [6, 6.07) is 16.1. The lowest BCUT2D eigenvalue weighted by atomic mass is 10.0. The van der Waals surface area contributed by atoms with E-state index in [4.69, 9.17) is 0 Å². The molecule has 1 amide bonds. The monoisotopic (exact) mass is 325 g/mol. The van der Waals surface area contributed by atoms with Crippen LogP contribution in [0, 0.1) is 0 Å². The summed E-state index contributed by atoms with van der Waals surface area (Å²) in [6.45, 7) is 4.96. The lowest BCUT2D eigenvalue weighted by Gasteiger charge is -2.15. The number of para-hydroxylation sites is 1. The zero-order valence-electron chi connectivity index (χ0n) is 15.0. The highest BCUT2D eigenvalue weighted by molar-refractivity contribution is 5.91. The predicted octanol–water partition coefficient (Wildman–Crippen LogP) is 4.32. The summed E-state index contributed by atoms with van der Waals surface area (Å²) in [5.74, 6) is 0.472. The van der Waals surface area contributed by atoms with Crippen molar-refractivity contribution in [2.45, 2.75) is 26.2 Å². The SMILES string of the molecule is CC(C)c1ccccc1NCCC(=O)Nc1ccc(N(C)C)cc1. The van der Waals surface area contributed by atoms with Gasteiger partial charge in [-0.25, -0.2) is 0 Å². The zero-order valence-corrected chi connectivity index (χ0v) is 15.0. The van der Waals surface area contributed by atoms with Crippen LogP contribution in [0.1, 0.15) is 31.7 Å². The summed E-state index contributed by atoms with van der Waals surface area (Å²) in [6.07, 6.45) is 0.432. The quantitative estimate of drug-likeness (QED) is 0.797. The zero-order chi connectivity index (χ0) is 17.5. The van der Waals surface area contributed by atoms with Crippen molar-refractivity contribution in [3.05, 3.63) is 54.1 Å². The predicted molar refractivity (Wildman–Crippen MR) is 103 cm³/mol. The molecule has 2 rings (SSSR count). The summed E-state index contributed by atoms with van der Waals surface area (Å²) < 4.78 is 0. The van der Waals surface area contributed by atoms with Gasteiger partial charge in [-0.2, -0.15) is 0 Å². The molecule has 0 heterocycles. The molecule has 0 bridgehead atoms. The summed E-state index contributed by atoms with van der Waals surface area (Å²) in [5.41, 5.74) is 4.32. The number of amides is 1. The molecule has 0 unspecified atom stereocenters. The number of hydrogen-bond acceptors (Lipinski definition) is 3. The first-order chi connectivity index (χ1) is 11.5. The standard InChI is InChI=1S/C20H27N3O/c1-15(2)18-7-5-6-8-19(18)21-14-13-20(24)22-16-9-11-17(12-10-16)23(3)4/h5-12,15,21H,13-14H2,1-4H3,(H,22,24). The molecule has 0 saturated heterocycles. The van der Waals surface area contributed by atoms with Crippen LogP contribution >= 0.6 is 0 Å². The fourth-order valence-electron chi connectivity index (χ4n) is 2.54. The lowest BCUT2D eigenvalue weighted by Crippen LogP contribution is -2.17. The topological polar surface area (TPSA) is 44.4 Å². The van der Waals surface area contributed by atoms with Crippen molar-refractivity contribution in [2.24, 2.45) is 0 Å². The number of nitrogens with zero attached hydrogens (tertiary/aromatic N) is 1. The summed E-state index contributed by atoms with van der Waals surface area (Å²) in [5, 5.41) is 6.30. The van der Waals surface area contributed by atoms with Crippen LogP contribution < -0.4 is 15.5 Å². The number of rotatable bonds is 7. The molecule has 0 aliphatic heterocycles. The minimum Gasteiger partial charge on any atom is -0.384 e. The average molecular weight is 325 g/mol. The maximum Gasteiger partial charge on any atom is 0.226 e. The van der Waals surface area contributed by atoms with Crippen LogP contribution in [0.5, 0.6) is 0 Å². The largest absolute Gasteiger partial charge is 0.384 e. The van der Waals surface area contributed by atoms with Crippen LogP contribution in [0.2, 0.25) is 0 Å². The molecule has 0 aromatic heterocycles. The molecular formula is C20H27N3O. The summed E-state index contributed by atoms with van der Waals surface area (Å²) >= 11 is 0. The fourth-order valence-corrected chi connectivity index (χ4v) is 2.54. The first kappa shape index (κ1) is 17.9. The molecule has 128 valence electrons. The van der Waals surface area contributed by atoms with Crippen LogP contribution in [0.4, 0.5) is 17.1 Å². The number of hydrogen-bond donors (Lipinski definition) is 2. The molecule has 0 aliphatic rings. The Morgan fingerprint density at radius 2 is 1.71 bits per heavy atom. The van der Waals surface area contributed by atoms with Gasteiger partial charge in [0.2, 0.25) is 5.91 Å². The number of nitrogens with one attached hydrogen (secondary N) is 2. The van der Waals surface area contributed by atoms with Gasteiger partial charge in [0.25, 0.3) is 0 Å². The van der Waals surface area contributed by atoms with E-state index in [1.54, 1.807) is 0 Å². The molecule has 0 radical (unpaired) electrons. The highest BCUT2D eigenvalue weighted by atomic mass is 16.1. The van der Waals surface area contributed by atoms with Gasteiger partial charge in [0.05, 0.1) is 0 Å². The van der Waals surface area contributed by atoms with E-state index in [0.29, 0.717) is 18.9 Å². The van der Waals surface area contributed by atoms with Crippen molar-refractivity contribution in [1.29, 1.82) is 0 Å². The van der Waals surface area contributed by atoms with E-state index in [2.05, 4.69) is 36.6 Å². The second-order valence-corrected chi connectivity index (χ2v) is 6.41. The Morgan fingerprint density at radius 3 is 2.33 bits per heavy atom. The molecule has 0 fully saturated rings. The van der Waals surface area contributed by atoms with E-state index >= 15 is 0 Å². The molecule has 4 nitrogen and oxygen atoms in total. The average Bonchev–Trinajstić information content (AvgIpc) is 2.55. The first-order valence-electron chi connectivity index (χ1n) is 8.37. The lowest BCUT2D eigenvalue weighted by molar-refractivity contribution is -0.115. The highest BCUT2D eigenvalue weighted by Crippen LogP contribution is 2.23. The Morgan fingerprint density at radius 1 is 1.04 bits per heavy atom. The third kappa shape index (κ3) is 5.01. The van der Waals surface area contributed by atoms with Crippen LogP contribution in [-0.4, -0.2) is 26.5 Å². The highest BCUT2D eigenvalue weighted by Gasteiger charge is 2.07. The van der Waals surface area contributed by atoms with Crippen molar-refractivity contribution < 1.29 is 4.79 Å². The Balaban J connectivity index is 1.83. The maximum atomic E-state index is 12.1. The molecule has 0 saturated carbocycles. The molecule has 2 N–H and O–H groups in total. The number of carbonyl (C=O) groups excluding carboxylic acids is 1. The first-order valence-corrected chi connectivity index (χ1v) is 8.37. The van der Waals surface area contributed by atoms with Crippen molar-refractivity contribution >= 4 is 23.0 Å². The van der Waals surface area contributed by atoms with Crippen molar-refractivity contribution in [3.63, 3.8) is 0 Å². The second kappa shape index (κ2) is 8.39. The van der Waals surface area contributed by atoms with Gasteiger partial charge >= 0.3 is 0 Å². The van der Waals surface area contributed by atoms with Crippen LogP contribution in [0.3, 0.4) is 0 Å². The van der Waals surface area contributed by atoms with E-state index in [1.165, 1.54) is 5.56 Å². The normalized spacial score (nSPS) is 10.5. The van der Waals surface area contributed by atoms with E-state index in [0.717, 1.165) is 17.1 Å². The van der Waals surface area contributed by atoms with Crippen LogP contribution in [-0.2, 0) is 4.79 Å². The van der Waals surface area contributed by atoms with Gasteiger partial charge in [-0.05, 0) is 41.8 Å². The van der Waals surface area contributed by atoms with Gasteiger partial charge in [0.1, 0.15) is 0 Å². The fraction of sp³-hybridized carbons (Fsp3) is 0.350. The Labute approximate surface area is 144 Å². The van der Waals surface area contributed by atoms with E-state index in [9.17, 15) is 4.79 Å². The van der Waals surface area contributed by atoms with Gasteiger partial charge < -0.3 is 15.5 Å². The molecule has 0 aliphatic carbocycles. The Bertz CT molecular complexity index is 663. The maximum absolute atomic E-state index is 12.1. The summed E-state index contributed by atoms with van der Waals surface area (Å²) in [7, 11) is 3.99. The van der Waals surface area contributed by atoms with Crippen molar-refractivity contribution in [1.82, 2.24) is 0 Å². The van der Waals surface area contributed by atoms with Gasteiger partial charge in [-0.15, -0.1) is 0 Å². The molecule has 24 heavy (non-hydrogen) atoms. The number of carbonyl (C=O) groups is 1. The van der Waals surface area contributed by atoms with Crippen molar-refractivity contribution in [3.8, 4) is 0 Å². The second-order valence-electron chi connectivity index (χ2n) is 6.41. The number of anilines is 3. The molecule has 2 aromatic carbocycles. The number of benzene rings is 2. The Kier molecular flexibility index (Phi) is 6.24. The minimum atomic E-state index is 0.0159. The molecule has 0 spiro atoms. The molecular weight excluding hydrogens is 298 g/mol. The third-order valence-corrected chi connectivity index (χ3v) is 3.92. The minimum absolute atomic E-state index is 0.0159. The third-order valence-electron chi connectivity index (χ3n) is 3.92. The van der Waals surface area contributed by atoms with Crippen molar-refractivity contribution in [2.75, 3.05) is 36.2 Å². The van der Waals surface area contributed by atoms with E-state index in [-0.39, 0.29) is 5.91 Å². The van der Waals surface area contributed by atoms with E-state index in [1.807, 2.05) is 55.4 Å². The van der Waals surface area contributed by atoms with Crippen LogP contribution in [0.25, 0.3) is 0 Å². The van der Waals surface area contributed by atoms with E-state index < -0.39 is 0 Å². The smallest absolute Gasteiger partial charge is 0.226 e. The van der Waals surface area contributed by atoms with Gasteiger partial charge in [0.15, 0.2) is 0 Å².